The van der Waals surface area contributed by atoms with Crippen molar-refractivity contribution < 1.29 is 33.5 Å². The Hall–Kier alpha value is -5.13. The van der Waals surface area contributed by atoms with Gasteiger partial charge in [0.1, 0.15) is 11.5 Å². The molecule has 3 aromatic carbocycles. The Bertz CT molecular complexity index is 1540. The first-order valence-electron chi connectivity index (χ1n) is 14.2. The Morgan fingerprint density at radius 1 is 0.795 bits per heavy atom. The van der Waals surface area contributed by atoms with Crippen LogP contribution in [0.4, 0.5) is 17.1 Å². The average molecular weight is 607 g/mol. The molecule has 0 radical (unpaired) electrons. The van der Waals surface area contributed by atoms with E-state index in [0.29, 0.717) is 24.4 Å². The number of nitro groups is 1. The Morgan fingerprint density at radius 2 is 1.32 bits per heavy atom. The molecule has 0 saturated carbocycles. The van der Waals surface area contributed by atoms with Crippen molar-refractivity contribution in [1.82, 2.24) is 0 Å². The summed E-state index contributed by atoms with van der Waals surface area (Å²) in [5.41, 5.74) is 6.39. The van der Waals surface area contributed by atoms with E-state index in [4.69, 9.17) is 19.9 Å². The molecular formula is C32H38N4O8. The molecule has 12 nitrogen and oxygen atoms in total. The molecule has 44 heavy (non-hydrogen) atoms. The maximum atomic E-state index is 13.3. The van der Waals surface area contributed by atoms with E-state index in [1.807, 2.05) is 34.6 Å². The van der Waals surface area contributed by atoms with Crippen LogP contribution in [0.5, 0.6) is 17.2 Å². The predicted molar refractivity (Wildman–Crippen MR) is 167 cm³/mol. The van der Waals surface area contributed by atoms with Crippen LogP contribution >= 0.6 is 0 Å². The lowest BCUT2D eigenvalue weighted by atomic mass is 10.1. The zero-order valence-electron chi connectivity index (χ0n) is 25.6. The van der Waals surface area contributed by atoms with E-state index in [1.165, 1.54) is 54.6 Å². The van der Waals surface area contributed by atoms with E-state index in [-0.39, 0.29) is 57.8 Å². The lowest BCUT2D eigenvalue weighted by Crippen LogP contribution is -2.18. The lowest BCUT2D eigenvalue weighted by Gasteiger charge is -2.17. The highest BCUT2D eigenvalue weighted by Crippen LogP contribution is 2.32. The minimum Gasteiger partial charge on any atom is -0.491 e. The maximum Gasteiger partial charge on any atom is 0.310 e. The molecule has 12 heteroatoms. The summed E-state index contributed by atoms with van der Waals surface area (Å²) >= 11 is 0. The van der Waals surface area contributed by atoms with Gasteiger partial charge in [-0.3, -0.25) is 24.5 Å². The molecule has 1 atom stereocenters. The lowest BCUT2D eigenvalue weighted by molar-refractivity contribution is -0.386. The van der Waals surface area contributed by atoms with Gasteiger partial charge in [-0.2, -0.15) is 0 Å². The number of carbonyl (C=O) groups is 3. The summed E-state index contributed by atoms with van der Waals surface area (Å²) in [6.45, 7) is 11.5. The van der Waals surface area contributed by atoms with Crippen LogP contribution in [0.15, 0.2) is 54.6 Å². The summed E-state index contributed by atoms with van der Waals surface area (Å²) in [6, 6.07) is 12.9. The molecule has 3 aromatic rings. The van der Waals surface area contributed by atoms with Crippen LogP contribution in [0.25, 0.3) is 0 Å². The topological polar surface area (TPSA) is 172 Å². The van der Waals surface area contributed by atoms with Gasteiger partial charge in [0.15, 0.2) is 5.75 Å². The van der Waals surface area contributed by atoms with Crippen molar-refractivity contribution in [3.8, 4) is 17.2 Å². The minimum atomic E-state index is -0.631. The van der Waals surface area contributed by atoms with Gasteiger partial charge in [0.05, 0.1) is 35.1 Å². The largest absolute Gasteiger partial charge is 0.491 e. The Kier molecular flexibility index (Phi) is 11.3. The third-order valence-corrected chi connectivity index (χ3v) is 6.26. The third-order valence-electron chi connectivity index (χ3n) is 6.26. The van der Waals surface area contributed by atoms with E-state index < -0.39 is 22.6 Å². The summed E-state index contributed by atoms with van der Waals surface area (Å²) in [6.07, 6.45) is 0.0893. The number of carbonyl (C=O) groups excluding carboxylic acids is 3. The van der Waals surface area contributed by atoms with Crippen LogP contribution < -0.4 is 30.6 Å². The van der Waals surface area contributed by atoms with Crippen molar-refractivity contribution in [3.63, 3.8) is 0 Å². The van der Waals surface area contributed by atoms with Crippen molar-refractivity contribution >= 4 is 34.8 Å². The van der Waals surface area contributed by atoms with Crippen molar-refractivity contribution in [2.75, 3.05) is 17.2 Å². The van der Waals surface area contributed by atoms with Crippen LogP contribution in [0, 0.1) is 16.0 Å². The monoisotopic (exact) mass is 606 g/mol. The summed E-state index contributed by atoms with van der Waals surface area (Å²) < 4.78 is 17.4. The van der Waals surface area contributed by atoms with Crippen molar-refractivity contribution in [2.24, 2.45) is 11.7 Å². The van der Waals surface area contributed by atoms with Gasteiger partial charge in [0.25, 0.3) is 11.8 Å². The summed E-state index contributed by atoms with van der Waals surface area (Å²) in [4.78, 5) is 49.1. The van der Waals surface area contributed by atoms with Gasteiger partial charge in [0, 0.05) is 28.8 Å². The fourth-order valence-electron chi connectivity index (χ4n) is 3.86. The summed E-state index contributed by atoms with van der Waals surface area (Å²) in [7, 11) is 0. The number of nitrogens with one attached hydrogen (secondary N) is 2. The Morgan fingerprint density at radius 3 is 1.84 bits per heavy atom. The first kappa shape index (κ1) is 33.4. The molecular weight excluding hydrogens is 568 g/mol. The van der Waals surface area contributed by atoms with Gasteiger partial charge >= 0.3 is 5.69 Å². The Balaban J connectivity index is 1.91. The van der Waals surface area contributed by atoms with Crippen LogP contribution in [-0.4, -0.2) is 41.5 Å². The number of nitrogens with two attached hydrogens (primary N) is 1. The van der Waals surface area contributed by atoms with Crippen LogP contribution in [0.2, 0.25) is 0 Å². The molecule has 0 saturated heterocycles. The first-order chi connectivity index (χ1) is 20.8. The molecule has 0 fully saturated rings. The molecule has 0 aliphatic rings. The average Bonchev–Trinajstić information content (AvgIpc) is 2.96. The number of amides is 3. The number of benzene rings is 3. The van der Waals surface area contributed by atoms with Crippen molar-refractivity contribution in [3.05, 3.63) is 81.4 Å². The number of nitrogens with zero attached hydrogens (tertiary/aromatic N) is 1. The Labute approximate surface area is 256 Å². The smallest absolute Gasteiger partial charge is 0.310 e. The van der Waals surface area contributed by atoms with Gasteiger partial charge in [-0.25, -0.2) is 0 Å². The highest BCUT2D eigenvalue weighted by atomic mass is 16.6. The van der Waals surface area contributed by atoms with Gasteiger partial charge in [-0.05, 0) is 75.6 Å². The standard InChI is InChI=1S/C32H38N4O8/c1-7-20(6)44-29-16-23(10-13-26(29)36(40)41)32(39)34-24-12-9-22(15-27(24)42-17-18(2)3)31(38)35-25-11-8-21(30(33)37)14-28(25)43-19(4)5/h8-16,18-20H,7,17H2,1-6H3,(H2,33,37)(H,34,39)(H,35,38). The molecule has 0 aliphatic heterocycles. The molecule has 0 bridgehead atoms. The normalized spacial score (nSPS) is 11.5. The van der Waals surface area contributed by atoms with Crippen LogP contribution in [-0.2, 0) is 0 Å². The van der Waals surface area contributed by atoms with E-state index in [0.717, 1.165) is 0 Å². The summed E-state index contributed by atoms with van der Waals surface area (Å²) in [5, 5.41) is 17.1. The molecule has 0 spiro atoms. The zero-order chi connectivity index (χ0) is 32.6. The quantitative estimate of drug-likeness (QED) is 0.144. The van der Waals surface area contributed by atoms with E-state index >= 15 is 0 Å². The number of hydrogen-bond acceptors (Lipinski definition) is 8. The number of rotatable bonds is 14. The molecule has 1 unspecified atom stereocenters. The van der Waals surface area contributed by atoms with Gasteiger partial charge in [-0.1, -0.05) is 20.8 Å². The second-order valence-electron chi connectivity index (χ2n) is 10.8. The number of primary amides is 1. The number of anilines is 2. The van der Waals surface area contributed by atoms with E-state index in [2.05, 4.69) is 10.6 Å². The number of nitro benzene ring substituents is 1. The number of hydrogen-bond donors (Lipinski definition) is 3. The maximum absolute atomic E-state index is 13.3. The molecule has 234 valence electrons. The van der Waals surface area contributed by atoms with E-state index in [1.54, 1.807) is 6.92 Å². The van der Waals surface area contributed by atoms with Crippen molar-refractivity contribution in [2.45, 2.75) is 60.2 Å². The molecule has 0 heterocycles. The highest BCUT2D eigenvalue weighted by molar-refractivity contribution is 6.08. The van der Waals surface area contributed by atoms with Gasteiger partial charge in [0.2, 0.25) is 5.91 Å². The van der Waals surface area contributed by atoms with Crippen molar-refractivity contribution in [1.29, 1.82) is 0 Å². The first-order valence-corrected chi connectivity index (χ1v) is 14.2. The highest BCUT2D eigenvalue weighted by Gasteiger charge is 2.21. The third kappa shape index (κ3) is 8.93. The molecule has 0 aliphatic carbocycles. The zero-order valence-corrected chi connectivity index (χ0v) is 25.6. The van der Waals surface area contributed by atoms with Gasteiger partial charge in [-0.15, -0.1) is 0 Å². The van der Waals surface area contributed by atoms with Crippen LogP contribution in [0.1, 0.15) is 79.0 Å². The predicted octanol–water partition coefficient (Wildman–Crippen LogP) is 6.20. The fourth-order valence-corrected chi connectivity index (χ4v) is 3.86. The second-order valence-corrected chi connectivity index (χ2v) is 10.8. The SMILES string of the molecule is CCC(C)Oc1cc(C(=O)Nc2ccc(C(=O)Nc3ccc(C(N)=O)cc3OC(C)C)cc2OCC(C)C)ccc1[N+](=O)[O-]. The van der Waals surface area contributed by atoms with E-state index in [9.17, 15) is 24.5 Å². The number of ether oxygens (including phenoxy) is 3. The molecule has 3 amide bonds. The second kappa shape index (κ2) is 14.9. The molecule has 3 rings (SSSR count). The summed E-state index contributed by atoms with van der Waals surface area (Å²) in [5.74, 6) is -1.00. The molecule has 0 aromatic heterocycles. The minimum absolute atomic E-state index is 0.00928. The van der Waals surface area contributed by atoms with Crippen LogP contribution in [0.3, 0.4) is 0 Å². The fraction of sp³-hybridized carbons (Fsp3) is 0.344. The molecule has 4 N–H and O–H groups in total. The van der Waals surface area contributed by atoms with Gasteiger partial charge < -0.3 is 30.6 Å².